The molecule has 0 aliphatic heterocycles. The largest absolute Gasteiger partial charge is 0.408 e. The molecule has 0 aliphatic carbocycles. The highest BCUT2D eigenvalue weighted by Gasteiger charge is 2.31. The van der Waals surface area contributed by atoms with Crippen LogP contribution < -0.4 is 5.32 Å². The lowest BCUT2D eigenvalue weighted by Crippen LogP contribution is -2.24. The molecule has 0 spiro atoms. The number of para-hydroxylation sites is 1. The predicted molar refractivity (Wildman–Crippen MR) is 87.4 cm³/mol. The van der Waals surface area contributed by atoms with Gasteiger partial charge >= 0.3 is 6.18 Å². The van der Waals surface area contributed by atoms with Crippen LogP contribution in [0, 0.1) is 0 Å². The maximum Gasteiger partial charge on any atom is 0.408 e. The van der Waals surface area contributed by atoms with E-state index in [-0.39, 0.29) is 5.16 Å². The first kappa shape index (κ1) is 17.6. The van der Waals surface area contributed by atoms with Gasteiger partial charge in [-0.1, -0.05) is 35.2 Å². The number of thioether (sulfide) groups is 1. The Morgan fingerprint density at radius 1 is 1.40 bits per heavy atom. The second kappa shape index (κ2) is 6.96. The smallest absolute Gasteiger partial charge is 0.301 e. The lowest BCUT2D eigenvalue weighted by molar-refractivity contribution is -0.144. The highest BCUT2D eigenvalue weighted by Crippen LogP contribution is 2.28. The zero-order valence-corrected chi connectivity index (χ0v) is 14.3. The van der Waals surface area contributed by atoms with E-state index in [0.717, 1.165) is 22.0 Å². The van der Waals surface area contributed by atoms with E-state index in [1.807, 2.05) is 24.3 Å². The SMILES string of the molecule is CC(Sc1nnnn1CC(F)(F)F)C(=O)Nc1nc2ccccc2s1. The predicted octanol–water partition coefficient (Wildman–Crippen LogP) is 2.96. The van der Waals surface area contributed by atoms with Gasteiger partial charge in [-0.15, -0.1) is 5.10 Å². The number of alkyl halides is 3. The number of thiazole rings is 1. The van der Waals surface area contributed by atoms with Gasteiger partial charge in [-0.25, -0.2) is 9.67 Å². The molecule has 0 fully saturated rings. The van der Waals surface area contributed by atoms with Crippen LogP contribution in [0.25, 0.3) is 10.2 Å². The number of carbonyl (C=O) groups excluding carboxylic acids is 1. The molecule has 1 aromatic carbocycles. The van der Waals surface area contributed by atoms with Crippen LogP contribution in [0.3, 0.4) is 0 Å². The second-order valence-corrected chi connectivity index (χ2v) is 7.31. The van der Waals surface area contributed by atoms with Crippen LogP contribution in [0.1, 0.15) is 6.92 Å². The van der Waals surface area contributed by atoms with Crippen molar-refractivity contribution in [1.82, 2.24) is 25.2 Å². The van der Waals surface area contributed by atoms with Crippen molar-refractivity contribution in [2.45, 2.75) is 30.1 Å². The number of halogens is 3. The minimum atomic E-state index is -4.45. The Bertz CT molecular complexity index is 860. The Labute approximate surface area is 147 Å². The molecule has 2 aromatic heterocycles. The second-order valence-electron chi connectivity index (χ2n) is 4.97. The first-order chi connectivity index (χ1) is 11.8. The molecule has 1 unspecified atom stereocenters. The van der Waals surface area contributed by atoms with Crippen molar-refractivity contribution in [3.63, 3.8) is 0 Å². The highest BCUT2D eigenvalue weighted by molar-refractivity contribution is 8.00. The first-order valence-corrected chi connectivity index (χ1v) is 8.67. The van der Waals surface area contributed by atoms with E-state index in [1.165, 1.54) is 11.3 Å². The number of fused-ring (bicyclic) bond motifs is 1. The lowest BCUT2D eigenvalue weighted by Gasteiger charge is -2.11. The zero-order chi connectivity index (χ0) is 18.0. The molecule has 132 valence electrons. The summed E-state index contributed by atoms with van der Waals surface area (Å²) in [7, 11) is 0. The number of hydrogen-bond donors (Lipinski definition) is 1. The molecular weight excluding hydrogens is 377 g/mol. The van der Waals surface area contributed by atoms with E-state index in [9.17, 15) is 18.0 Å². The zero-order valence-electron chi connectivity index (χ0n) is 12.7. The summed E-state index contributed by atoms with van der Waals surface area (Å²) in [6.07, 6.45) is -4.45. The number of benzene rings is 1. The van der Waals surface area contributed by atoms with Crippen LogP contribution in [0.15, 0.2) is 29.4 Å². The molecule has 1 N–H and O–H groups in total. The number of nitrogens with zero attached hydrogens (tertiary/aromatic N) is 5. The van der Waals surface area contributed by atoms with Crippen molar-refractivity contribution in [3.8, 4) is 0 Å². The summed E-state index contributed by atoms with van der Waals surface area (Å²) in [5, 5.41) is 12.4. The molecule has 0 saturated carbocycles. The Morgan fingerprint density at radius 3 is 2.88 bits per heavy atom. The van der Waals surface area contributed by atoms with Gasteiger partial charge in [0.15, 0.2) is 5.13 Å². The van der Waals surface area contributed by atoms with Gasteiger partial charge in [-0.2, -0.15) is 13.2 Å². The summed E-state index contributed by atoms with van der Waals surface area (Å²) in [6, 6.07) is 7.41. The number of aromatic nitrogens is 5. The topological polar surface area (TPSA) is 85.6 Å². The van der Waals surface area contributed by atoms with Gasteiger partial charge in [0.2, 0.25) is 11.1 Å². The van der Waals surface area contributed by atoms with E-state index in [4.69, 9.17) is 0 Å². The van der Waals surface area contributed by atoms with Gasteiger partial charge in [0.1, 0.15) is 6.54 Å². The fourth-order valence-electron chi connectivity index (χ4n) is 1.89. The number of nitrogens with one attached hydrogen (secondary N) is 1. The van der Waals surface area contributed by atoms with Gasteiger partial charge in [0.05, 0.1) is 15.5 Å². The molecule has 1 amide bonds. The monoisotopic (exact) mass is 388 g/mol. The average Bonchev–Trinajstić information content (AvgIpc) is 3.11. The van der Waals surface area contributed by atoms with Crippen LogP contribution in [0.4, 0.5) is 18.3 Å². The van der Waals surface area contributed by atoms with Crippen LogP contribution in [0.5, 0.6) is 0 Å². The van der Waals surface area contributed by atoms with Crippen molar-refractivity contribution in [2.75, 3.05) is 5.32 Å². The van der Waals surface area contributed by atoms with E-state index in [2.05, 4.69) is 25.8 Å². The van der Waals surface area contributed by atoms with Crippen LogP contribution >= 0.6 is 23.1 Å². The Morgan fingerprint density at radius 2 is 2.16 bits per heavy atom. The average molecular weight is 388 g/mol. The Kier molecular flexibility index (Phi) is 4.90. The Hall–Kier alpha value is -2.21. The molecule has 0 radical (unpaired) electrons. The third kappa shape index (κ3) is 4.45. The molecule has 0 bridgehead atoms. The fraction of sp³-hybridized carbons (Fsp3) is 0.308. The van der Waals surface area contributed by atoms with Gasteiger partial charge in [0, 0.05) is 0 Å². The van der Waals surface area contributed by atoms with Crippen molar-refractivity contribution in [3.05, 3.63) is 24.3 Å². The van der Waals surface area contributed by atoms with Crippen molar-refractivity contribution >= 4 is 44.4 Å². The normalized spacial score (nSPS) is 13.1. The molecule has 12 heteroatoms. The first-order valence-electron chi connectivity index (χ1n) is 6.98. The molecule has 0 aliphatic rings. The van der Waals surface area contributed by atoms with Gasteiger partial charge in [0.25, 0.3) is 0 Å². The van der Waals surface area contributed by atoms with Crippen LogP contribution in [-0.2, 0) is 11.3 Å². The number of rotatable bonds is 5. The van der Waals surface area contributed by atoms with E-state index >= 15 is 0 Å². The number of amides is 1. The molecule has 2 heterocycles. The van der Waals surface area contributed by atoms with Crippen molar-refractivity contribution in [1.29, 1.82) is 0 Å². The molecule has 7 nitrogen and oxygen atoms in total. The minimum absolute atomic E-state index is 0.0794. The lowest BCUT2D eigenvalue weighted by atomic mass is 10.3. The summed E-state index contributed by atoms with van der Waals surface area (Å²) < 4.78 is 39.0. The van der Waals surface area contributed by atoms with Gasteiger partial charge < -0.3 is 5.32 Å². The molecule has 3 aromatic rings. The number of hydrogen-bond acceptors (Lipinski definition) is 7. The van der Waals surface area contributed by atoms with Crippen molar-refractivity contribution < 1.29 is 18.0 Å². The standard InChI is InChI=1S/C13H11F3N6OS2/c1-7(24-12-19-20-21-22(12)6-13(14,15)16)10(23)18-11-17-8-4-2-3-5-9(8)25-11/h2-5,7H,6H2,1H3,(H,17,18,23). The molecular formula is C13H11F3N6OS2. The fourth-order valence-corrected chi connectivity index (χ4v) is 3.55. The highest BCUT2D eigenvalue weighted by atomic mass is 32.2. The molecule has 3 rings (SSSR count). The third-order valence-electron chi connectivity index (χ3n) is 3.00. The maximum atomic E-state index is 12.5. The molecule has 0 saturated heterocycles. The summed E-state index contributed by atoms with van der Waals surface area (Å²) in [5.41, 5.74) is 0.761. The molecule has 25 heavy (non-hydrogen) atoms. The van der Waals surface area contributed by atoms with Crippen LogP contribution in [-0.4, -0.2) is 42.5 Å². The van der Waals surface area contributed by atoms with Gasteiger partial charge in [-0.05, 0) is 29.5 Å². The molecule has 1 atom stereocenters. The number of anilines is 1. The van der Waals surface area contributed by atoms with Crippen molar-refractivity contribution in [2.24, 2.45) is 0 Å². The maximum absolute atomic E-state index is 12.5. The Balaban J connectivity index is 1.66. The summed E-state index contributed by atoms with van der Waals surface area (Å²) in [6.45, 7) is 0.245. The van der Waals surface area contributed by atoms with Gasteiger partial charge in [-0.3, -0.25) is 4.79 Å². The third-order valence-corrected chi connectivity index (χ3v) is 5.03. The van der Waals surface area contributed by atoms with E-state index in [1.54, 1.807) is 6.92 Å². The quantitative estimate of drug-likeness (QED) is 0.677. The van der Waals surface area contributed by atoms with E-state index in [0.29, 0.717) is 9.81 Å². The minimum Gasteiger partial charge on any atom is -0.301 e. The number of carbonyl (C=O) groups is 1. The van der Waals surface area contributed by atoms with Crippen LogP contribution in [0.2, 0.25) is 0 Å². The summed E-state index contributed by atoms with van der Waals surface area (Å²) in [5.74, 6) is -0.398. The van der Waals surface area contributed by atoms with E-state index < -0.39 is 23.9 Å². The number of tetrazole rings is 1. The summed E-state index contributed by atoms with van der Waals surface area (Å²) >= 11 is 2.16. The summed E-state index contributed by atoms with van der Waals surface area (Å²) in [4.78, 5) is 16.5.